The fraction of sp³-hybridized carbons (Fsp3) is 0.471. The quantitative estimate of drug-likeness (QED) is 0.583. The maximum absolute atomic E-state index is 13.1. The van der Waals surface area contributed by atoms with E-state index < -0.39 is 60.1 Å². The molecule has 0 spiro atoms. The number of rotatable bonds is 5. The van der Waals surface area contributed by atoms with E-state index in [-0.39, 0.29) is 16.4 Å². The molecule has 0 amide bonds. The summed E-state index contributed by atoms with van der Waals surface area (Å²) >= 11 is 0. The molecule has 0 aliphatic rings. The van der Waals surface area contributed by atoms with E-state index in [0.29, 0.717) is 0 Å². The van der Waals surface area contributed by atoms with Gasteiger partial charge in [-0.3, -0.25) is 0 Å². The normalized spacial score (nSPS) is 14.6. The molecule has 16 heteroatoms. The number of para-hydroxylation sites is 1. The minimum atomic E-state index is -6.32. The minimum absolute atomic E-state index is 0.0812. The summed E-state index contributed by atoms with van der Waals surface area (Å²) in [7, 11) is 0. The van der Waals surface area contributed by atoms with Crippen molar-refractivity contribution < 1.29 is 62.9 Å². The van der Waals surface area contributed by atoms with Crippen molar-refractivity contribution in [1.29, 1.82) is 0 Å². The summed E-state index contributed by atoms with van der Waals surface area (Å²) < 4.78 is 156. The Labute approximate surface area is 176 Å². The lowest BCUT2D eigenvalue weighted by molar-refractivity contribution is -0.368. The topological polar surface area (TPSA) is 58.3 Å². The zero-order chi connectivity index (χ0) is 25.7. The van der Waals surface area contributed by atoms with Gasteiger partial charge in [0.15, 0.2) is 0 Å². The zero-order valence-electron chi connectivity index (χ0n) is 15.7. The zero-order valence-corrected chi connectivity index (χ0v) is 15.7. The van der Waals surface area contributed by atoms with E-state index >= 15 is 0 Å². The average molecular weight is 504 g/mol. The Kier molecular flexibility index (Phi) is 6.55. The van der Waals surface area contributed by atoms with Crippen LogP contribution < -0.4 is 0 Å². The van der Waals surface area contributed by atoms with Gasteiger partial charge in [-0.15, -0.1) is 0 Å². The fourth-order valence-corrected chi connectivity index (χ4v) is 2.73. The summed E-state index contributed by atoms with van der Waals surface area (Å²) in [4.78, 5) is 0. The highest BCUT2D eigenvalue weighted by Crippen LogP contribution is 2.47. The van der Waals surface area contributed by atoms with Crippen molar-refractivity contribution in [2.75, 3.05) is 0 Å². The van der Waals surface area contributed by atoms with Gasteiger partial charge in [-0.25, -0.2) is 4.68 Å². The number of alkyl halides is 12. The van der Waals surface area contributed by atoms with E-state index in [9.17, 15) is 62.9 Å². The predicted octanol–water partition coefficient (Wildman–Crippen LogP) is 4.67. The van der Waals surface area contributed by atoms with Crippen LogP contribution in [0.25, 0.3) is 5.69 Å². The molecule has 4 nitrogen and oxygen atoms in total. The van der Waals surface area contributed by atoms with Crippen LogP contribution in [0.3, 0.4) is 0 Å². The van der Waals surface area contributed by atoms with Crippen LogP contribution in [-0.2, 0) is 12.8 Å². The van der Waals surface area contributed by atoms with Crippen molar-refractivity contribution in [3.63, 3.8) is 0 Å². The second-order valence-electron chi connectivity index (χ2n) is 6.94. The molecule has 33 heavy (non-hydrogen) atoms. The van der Waals surface area contributed by atoms with Gasteiger partial charge in [0.05, 0.1) is 11.4 Å². The molecule has 1 heterocycles. The number of halogens is 12. The second kappa shape index (κ2) is 8.07. The Bertz CT molecular complexity index is 930. The standard InChI is InChI=1S/C17H12F12N2O2/c18-14(19,20)12(32,15(21,22)23)7-9-6-11(31(30-9)10-4-2-1-3-5-10)8-13(33,16(24,25)26)17(27,28)29/h1-6,32-33H,7-8H2. The van der Waals surface area contributed by atoms with Gasteiger partial charge in [-0.2, -0.15) is 57.8 Å². The molecule has 0 atom stereocenters. The molecule has 0 aliphatic heterocycles. The number of hydrogen-bond donors (Lipinski definition) is 2. The maximum Gasteiger partial charge on any atom is 0.426 e. The molecule has 2 aromatic rings. The lowest BCUT2D eigenvalue weighted by Crippen LogP contribution is -2.58. The molecule has 0 unspecified atom stereocenters. The van der Waals surface area contributed by atoms with Crippen LogP contribution in [0.4, 0.5) is 52.7 Å². The third kappa shape index (κ3) is 4.90. The predicted molar refractivity (Wildman–Crippen MR) is 85.1 cm³/mol. The van der Waals surface area contributed by atoms with Crippen LogP contribution >= 0.6 is 0 Å². The third-order valence-corrected chi connectivity index (χ3v) is 4.58. The molecule has 186 valence electrons. The Morgan fingerprint density at radius 3 is 1.42 bits per heavy atom. The minimum Gasteiger partial charge on any atom is -0.373 e. The van der Waals surface area contributed by atoms with Crippen LogP contribution in [0.5, 0.6) is 0 Å². The molecule has 1 aromatic carbocycles. The molecule has 0 bridgehead atoms. The molecular formula is C17H12F12N2O2. The van der Waals surface area contributed by atoms with Gasteiger partial charge >= 0.3 is 24.7 Å². The van der Waals surface area contributed by atoms with E-state index in [4.69, 9.17) is 0 Å². The number of aliphatic hydroxyl groups is 2. The first-order valence-electron chi connectivity index (χ1n) is 8.49. The number of aromatic nitrogens is 2. The third-order valence-electron chi connectivity index (χ3n) is 4.58. The van der Waals surface area contributed by atoms with Gasteiger partial charge in [-0.1, -0.05) is 18.2 Å². The van der Waals surface area contributed by atoms with E-state index in [0.717, 1.165) is 12.1 Å². The highest BCUT2D eigenvalue weighted by molar-refractivity contribution is 5.34. The number of hydrogen-bond acceptors (Lipinski definition) is 3. The molecule has 0 aliphatic carbocycles. The lowest BCUT2D eigenvalue weighted by Gasteiger charge is -2.32. The number of nitrogens with zero attached hydrogens (tertiary/aromatic N) is 2. The van der Waals surface area contributed by atoms with Gasteiger partial charge in [-0.05, 0) is 18.2 Å². The van der Waals surface area contributed by atoms with Gasteiger partial charge in [0.2, 0.25) is 0 Å². The van der Waals surface area contributed by atoms with Gasteiger partial charge in [0, 0.05) is 18.5 Å². The number of benzene rings is 1. The van der Waals surface area contributed by atoms with Crippen LogP contribution in [0.15, 0.2) is 36.4 Å². The van der Waals surface area contributed by atoms with Crippen LogP contribution in [0.1, 0.15) is 11.4 Å². The summed E-state index contributed by atoms with van der Waals surface area (Å²) in [6.45, 7) is 0. The van der Waals surface area contributed by atoms with Crippen LogP contribution in [0, 0.1) is 0 Å². The molecular weight excluding hydrogens is 492 g/mol. The van der Waals surface area contributed by atoms with Crippen molar-refractivity contribution in [2.24, 2.45) is 0 Å². The monoisotopic (exact) mass is 504 g/mol. The molecule has 1 aromatic heterocycles. The smallest absolute Gasteiger partial charge is 0.373 e. The molecule has 2 N–H and O–H groups in total. The van der Waals surface area contributed by atoms with E-state index in [1.807, 2.05) is 0 Å². The lowest BCUT2D eigenvalue weighted by atomic mass is 9.93. The van der Waals surface area contributed by atoms with Crippen molar-refractivity contribution in [1.82, 2.24) is 9.78 Å². The van der Waals surface area contributed by atoms with Gasteiger partial charge in [0.25, 0.3) is 11.2 Å². The molecule has 0 radical (unpaired) electrons. The summed E-state index contributed by atoms with van der Waals surface area (Å²) in [6.07, 6.45) is -30.0. The van der Waals surface area contributed by atoms with Crippen LogP contribution in [0.2, 0.25) is 0 Å². The summed E-state index contributed by atoms with van der Waals surface area (Å²) in [5, 5.41) is 22.0. The highest BCUT2D eigenvalue weighted by atomic mass is 19.4. The van der Waals surface area contributed by atoms with Crippen molar-refractivity contribution in [3.8, 4) is 5.69 Å². The van der Waals surface area contributed by atoms with Crippen molar-refractivity contribution >= 4 is 0 Å². The second-order valence-corrected chi connectivity index (χ2v) is 6.94. The highest BCUT2D eigenvalue weighted by Gasteiger charge is 2.71. The summed E-state index contributed by atoms with van der Waals surface area (Å²) in [5.41, 5.74) is -13.7. The Morgan fingerprint density at radius 1 is 0.636 bits per heavy atom. The Morgan fingerprint density at radius 2 is 1.03 bits per heavy atom. The Balaban J connectivity index is 2.68. The average Bonchev–Trinajstić information content (AvgIpc) is 3.00. The van der Waals surface area contributed by atoms with Gasteiger partial charge < -0.3 is 10.2 Å². The molecule has 0 saturated carbocycles. The van der Waals surface area contributed by atoms with E-state index in [1.54, 1.807) is 0 Å². The van der Waals surface area contributed by atoms with Crippen molar-refractivity contribution in [2.45, 2.75) is 48.7 Å². The van der Waals surface area contributed by atoms with E-state index in [1.165, 1.54) is 18.2 Å². The van der Waals surface area contributed by atoms with Gasteiger partial charge in [0.1, 0.15) is 0 Å². The fourth-order valence-electron chi connectivity index (χ4n) is 2.73. The first kappa shape index (κ1) is 26.8. The summed E-state index contributed by atoms with van der Waals surface area (Å²) in [5.74, 6) is 0. The first-order chi connectivity index (χ1) is 14.6. The SMILES string of the molecule is OC(Cc1cc(CC(O)(C(F)(F)F)C(F)(F)F)n(-c2ccccc2)n1)(C(F)(F)F)C(F)(F)F. The first-order valence-corrected chi connectivity index (χ1v) is 8.49. The Hall–Kier alpha value is -2.49. The molecule has 0 saturated heterocycles. The van der Waals surface area contributed by atoms with E-state index in [2.05, 4.69) is 5.10 Å². The molecule has 0 fully saturated rings. The maximum atomic E-state index is 13.1. The van der Waals surface area contributed by atoms with Crippen LogP contribution in [-0.4, -0.2) is 55.9 Å². The largest absolute Gasteiger partial charge is 0.426 e. The molecule has 2 rings (SSSR count). The summed E-state index contributed by atoms with van der Waals surface area (Å²) in [6, 6.07) is 5.86. The van der Waals surface area contributed by atoms with Crippen molar-refractivity contribution in [3.05, 3.63) is 47.8 Å².